The third-order valence-electron chi connectivity index (χ3n) is 6.80. The lowest BCUT2D eigenvalue weighted by Crippen LogP contribution is -2.43. The summed E-state index contributed by atoms with van der Waals surface area (Å²) in [5, 5.41) is 43.2. The monoisotopic (exact) mass is 573 g/mol. The molecular weight excluding hydrogens is 541 g/mol. The van der Waals surface area contributed by atoms with E-state index in [0.29, 0.717) is 11.2 Å². The molecule has 5 atom stereocenters. The van der Waals surface area contributed by atoms with Crippen molar-refractivity contribution in [3.63, 3.8) is 0 Å². The van der Waals surface area contributed by atoms with E-state index in [-0.39, 0.29) is 17.5 Å². The summed E-state index contributed by atoms with van der Waals surface area (Å²) in [6, 6.07) is 0.226. The van der Waals surface area contributed by atoms with Crippen molar-refractivity contribution < 1.29 is 43.9 Å². The van der Waals surface area contributed by atoms with Crippen molar-refractivity contribution in [2.75, 3.05) is 25.6 Å². The lowest BCUT2D eigenvalue weighted by Gasteiger charge is -2.34. The van der Waals surface area contributed by atoms with Gasteiger partial charge in [0.2, 0.25) is 0 Å². The van der Waals surface area contributed by atoms with E-state index in [1.165, 1.54) is 18.0 Å². The summed E-state index contributed by atoms with van der Waals surface area (Å²) >= 11 is 0. The molecule has 2 aromatic rings. The molecule has 0 amide bonds. The Bertz CT molecular complexity index is 1250. The molecule has 9 N–H and O–H groups in total. The lowest BCUT2D eigenvalue weighted by atomic mass is 9.93. The van der Waals surface area contributed by atoms with Crippen LogP contribution in [-0.2, 0) is 25.4 Å². The van der Waals surface area contributed by atoms with Gasteiger partial charge in [0, 0.05) is 13.2 Å². The fourth-order valence-corrected chi connectivity index (χ4v) is 5.28. The highest BCUT2D eigenvalue weighted by Gasteiger charge is 2.52. The van der Waals surface area contributed by atoms with Crippen molar-refractivity contribution in [3.8, 4) is 0 Å². The number of amidine groups is 1. The number of aromatic nitrogens is 4. The number of anilines is 1. The molecule has 4 rings (SSSR count). The Morgan fingerprint density at radius 1 is 1.36 bits per heavy atom. The van der Waals surface area contributed by atoms with Crippen LogP contribution in [0.15, 0.2) is 16.4 Å². The number of nitrogens with two attached hydrogens (primary N) is 1. The maximum atomic E-state index is 12.4. The second-order valence-corrected chi connectivity index (χ2v) is 11.3. The Balaban J connectivity index is 1.59. The molecule has 1 saturated carbocycles. The quantitative estimate of drug-likeness (QED) is 0.0383. The van der Waals surface area contributed by atoms with Gasteiger partial charge < -0.3 is 50.5 Å². The Kier molecular flexibility index (Phi) is 8.89. The second-order valence-electron chi connectivity index (χ2n) is 9.36. The number of hydrogen-bond acceptors (Lipinski definition) is 14. The van der Waals surface area contributed by atoms with Gasteiger partial charge in [-0.2, -0.15) is 10.2 Å². The molecule has 0 aromatic carbocycles. The minimum Gasteiger partial charge on any atom is -0.388 e. The van der Waals surface area contributed by atoms with E-state index < -0.39 is 69.6 Å². The van der Waals surface area contributed by atoms with Crippen LogP contribution in [0.4, 0.5) is 5.82 Å². The van der Waals surface area contributed by atoms with E-state index in [1.807, 2.05) is 0 Å². The number of aliphatic hydroxyl groups is 3. The number of ether oxygens (including phenoxy) is 3. The highest BCUT2D eigenvalue weighted by Crippen LogP contribution is 2.54. The number of aliphatic hydroxyl groups excluding tert-OH is 3. The number of methoxy groups -OCH3 is 1. The van der Waals surface area contributed by atoms with Crippen molar-refractivity contribution in [2.24, 2.45) is 16.1 Å². The van der Waals surface area contributed by atoms with Crippen LogP contribution in [0.5, 0.6) is 0 Å². The van der Waals surface area contributed by atoms with Gasteiger partial charge in [-0.15, -0.1) is 5.11 Å². The molecule has 0 bridgehead atoms. The van der Waals surface area contributed by atoms with Gasteiger partial charge in [-0.1, -0.05) is 0 Å². The van der Waals surface area contributed by atoms with E-state index >= 15 is 0 Å². The van der Waals surface area contributed by atoms with Crippen LogP contribution in [0.1, 0.15) is 37.7 Å². The number of hydrazone groups is 1. The van der Waals surface area contributed by atoms with Crippen molar-refractivity contribution in [1.82, 2.24) is 19.7 Å². The first kappa shape index (κ1) is 29.3. The molecule has 19 heteroatoms. The van der Waals surface area contributed by atoms with Gasteiger partial charge in [-0.3, -0.25) is 4.57 Å². The van der Waals surface area contributed by atoms with Gasteiger partial charge in [-0.05, 0) is 19.3 Å². The highest BCUT2D eigenvalue weighted by atomic mass is 31.2. The Labute approximate surface area is 221 Å². The standard InChI is InChI=1S/C20H32N9O9P/c1-36-9-20(39(33,34)35,5-13(27-21)28-22)37-8-12-15(31)16(32)19(38-12)29-18-11(6-23-29)17(24-10-3-2-4-10)25-14(7-30)26-18/h6,10,12,15-16,19,21,30-32H,2-5,7-9,22H2,1H3,(H,24,25,26)(H2,33,34,35)/t12-,15-,16-,19-,20?/m1/s1. The molecule has 0 radical (unpaired) electrons. The van der Waals surface area contributed by atoms with Crippen LogP contribution < -0.4 is 11.2 Å². The minimum absolute atomic E-state index is 0.113. The number of nitrogens with zero attached hydrogens (tertiary/aromatic N) is 6. The third kappa shape index (κ3) is 5.79. The molecule has 1 unspecified atom stereocenters. The Morgan fingerprint density at radius 2 is 2.10 bits per heavy atom. The van der Waals surface area contributed by atoms with Crippen molar-refractivity contribution in [2.45, 2.75) is 68.2 Å². The van der Waals surface area contributed by atoms with Gasteiger partial charge in [0.1, 0.15) is 30.7 Å². The van der Waals surface area contributed by atoms with Crippen LogP contribution in [0.3, 0.4) is 0 Å². The van der Waals surface area contributed by atoms with Crippen LogP contribution in [-0.4, -0.2) is 101 Å². The molecular formula is C20H32N9O9P. The normalized spacial score (nSPS) is 25.9. The summed E-state index contributed by atoms with van der Waals surface area (Å²) in [6.07, 6.45) is -1.80. The van der Waals surface area contributed by atoms with Gasteiger partial charge >= 0.3 is 7.60 Å². The summed E-state index contributed by atoms with van der Waals surface area (Å²) in [5.74, 6) is 5.32. The minimum atomic E-state index is -5.11. The van der Waals surface area contributed by atoms with Crippen molar-refractivity contribution >= 4 is 30.3 Å². The first-order valence-corrected chi connectivity index (χ1v) is 13.6. The first-order valence-electron chi connectivity index (χ1n) is 12.0. The van der Waals surface area contributed by atoms with Crippen molar-refractivity contribution in [3.05, 3.63) is 12.0 Å². The summed E-state index contributed by atoms with van der Waals surface area (Å²) in [5.41, 5.74) is 7.36. The first-order chi connectivity index (χ1) is 18.6. The maximum Gasteiger partial charge on any atom is 0.359 e. The van der Waals surface area contributed by atoms with Gasteiger partial charge in [0.15, 0.2) is 28.9 Å². The molecule has 3 heterocycles. The molecule has 1 saturated heterocycles. The largest absolute Gasteiger partial charge is 0.388 e. The molecule has 39 heavy (non-hydrogen) atoms. The van der Waals surface area contributed by atoms with Crippen LogP contribution >= 0.6 is 7.60 Å². The fourth-order valence-electron chi connectivity index (χ4n) is 4.39. The number of rotatable bonds is 12. The van der Waals surface area contributed by atoms with Crippen molar-refractivity contribution in [1.29, 1.82) is 5.53 Å². The second kappa shape index (κ2) is 11.8. The number of hydrogen-bond donors (Lipinski definition) is 8. The average Bonchev–Trinajstić information content (AvgIpc) is 3.42. The van der Waals surface area contributed by atoms with E-state index in [2.05, 4.69) is 30.6 Å². The van der Waals surface area contributed by atoms with Gasteiger partial charge in [0.25, 0.3) is 0 Å². The highest BCUT2D eigenvalue weighted by molar-refractivity contribution is 7.53. The van der Waals surface area contributed by atoms with Crippen LogP contribution in [0, 0.1) is 5.53 Å². The zero-order chi connectivity index (χ0) is 28.4. The Hall–Kier alpha value is -2.67. The average molecular weight is 574 g/mol. The molecule has 2 fully saturated rings. The molecule has 216 valence electrons. The molecule has 1 aliphatic heterocycles. The van der Waals surface area contributed by atoms with E-state index in [1.54, 1.807) is 0 Å². The number of nitrogens with one attached hydrogen (secondary N) is 2. The zero-order valence-corrected chi connectivity index (χ0v) is 21.9. The smallest absolute Gasteiger partial charge is 0.359 e. The molecule has 2 aromatic heterocycles. The predicted molar refractivity (Wildman–Crippen MR) is 132 cm³/mol. The molecule has 18 nitrogen and oxygen atoms in total. The molecule has 0 spiro atoms. The maximum absolute atomic E-state index is 12.4. The Morgan fingerprint density at radius 3 is 2.67 bits per heavy atom. The van der Waals surface area contributed by atoms with Gasteiger partial charge in [-0.25, -0.2) is 20.2 Å². The lowest BCUT2D eigenvalue weighted by molar-refractivity contribution is -0.111. The van der Waals surface area contributed by atoms with E-state index in [4.69, 9.17) is 25.6 Å². The molecule has 2 aliphatic rings. The third-order valence-corrected chi connectivity index (χ3v) is 8.27. The van der Waals surface area contributed by atoms with E-state index in [9.17, 15) is 29.7 Å². The van der Waals surface area contributed by atoms with E-state index in [0.717, 1.165) is 19.3 Å². The predicted octanol–water partition coefficient (Wildman–Crippen LogP) is -0.868. The number of fused-ring (bicyclic) bond motifs is 1. The summed E-state index contributed by atoms with van der Waals surface area (Å²) in [6.45, 7) is -1.69. The summed E-state index contributed by atoms with van der Waals surface area (Å²) in [4.78, 5) is 28.8. The molecule has 1 aliphatic carbocycles. The topological polar surface area (TPSA) is 276 Å². The fraction of sp³-hybridized carbons (Fsp3) is 0.700. The SMILES string of the molecule is COCC(CC(N=N)=NN)(OC[C@H]1O[C@@H](n2ncc3c(NC4CCC4)nc(CO)nc32)[C@H](O)[C@@H]1O)P(=O)(O)O. The zero-order valence-electron chi connectivity index (χ0n) is 21.0. The summed E-state index contributed by atoms with van der Waals surface area (Å²) < 4.78 is 30.0. The van der Waals surface area contributed by atoms with Crippen LogP contribution in [0.2, 0.25) is 0 Å². The summed E-state index contributed by atoms with van der Waals surface area (Å²) in [7, 11) is -3.92. The van der Waals surface area contributed by atoms with Gasteiger partial charge in [0.05, 0.1) is 31.2 Å². The van der Waals surface area contributed by atoms with Crippen LogP contribution in [0.25, 0.3) is 11.0 Å².